The first kappa shape index (κ1) is 16.2. The predicted molar refractivity (Wildman–Crippen MR) is 82.1 cm³/mol. The summed E-state index contributed by atoms with van der Waals surface area (Å²) < 4.78 is 19.2. The zero-order valence-electron chi connectivity index (χ0n) is 12.9. The Balaban J connectivity index is 1.98. The van der Waals surface area contributed by atoms with E-state index in [-0.39, 0.29) is 5.82 Å². The summed E-state index contributed by atoms with van der Waals surface area (Å²) >= 11 is 0. The van der Waals surface area contributed by atoms with E-state index in [4.69, 9.17) is 4.74 Å². The van der Waals surface area contributed by atoms with Gasteiger partial charge >= 0.3 is 0 Å². The maximum atomic E-state index is 14.3. The number of hydrogen-bond donors (Lipinski definition) is 2. The first-order valence-electron chi connectivity index (χ1n) is 7.47. The van der Waals surface area contributed by atoms with Crippen LogP contribution in [0.3, 0.4) is 0 Å². The molecule has 1 aromatic rings. The van der Waals surface area contributed by atoms with Crippen LogP contribution < -0.4 is 10.2 Å². The maximum absolute atomic E-state index is 14.3. The number of piperidine rings is 1. The molecule has 1 unspecified atom stereocenters. The van der Waals surface area contributed by atoms with Gasteiger partial charge in [0.15, 0.2) is 0 Å². The summed E-state index contributed by atoms with van der Waals surface area (Å²) in [6, 6.07) is 5.31. The molecule has 1 saturated heterocycles. The Kier molecular flexibility index (Phi) is 5.56. The summed E-state index contributed by atoms with van der Waals surface area (Å²) in [6.07, 6.45) is 1.65. The molecule has 4 nitrogen and oxygen atoms in total. The molecule has 0 aromatic heterocycles. The molecule has 1 fully saturated rings. The SMILES string of the molecule is COCCNCc1ccc(N2CCCC(C)(O)C2)c(F)c1. The molecule has 1 atom stereocenters. The number of rotatable bonds is 6. The molecular formula is C16H25FN2O2. The van der Waals surface area contributed by atoms with Crippen LogP contribution in [0.5, 0.6) is 0 Å². The Hall–Kier alpha value is -1.17. The van der Waals surface area contributed by atoms with Gasteiger partial charge in [0.05, 0.1) is 17.9 Å². The number of benzene rings is 1. The molecule has 5 heteroatoms. The van der Waals surface area contributed by atoms with Crippen LogP contribution in [0.4, 0.5) is 10.1 Å². The van der Waals surface area contributed by atoms with Crippen LogP contribution in [0.1, 0.15) is 25.3 Å². The van der Waals surface area contributed by atoms with Crippen LogP contribution in [0.15, 0.2) is 18.2 Å². The number of methoxy groups -OCH3 is 1. The number of halogens is 1. The molecule has 2 rings (SSSR count). The van der Waals surface area contributed by atoms with E-state index in [1.165, 1.54) is 0 Å². The molecule has 21 heavy (non-hydrogen) atoms. The Bertz CT molecular complexity index is 466. The van der Waals surface area contributed by atoms with Crippen LogP contribution >= 0.6 is 0 Å². The first-order chi connectivity index (χ1) is 10.0. The van der Waals surface area contributed by atoms with Gasteiger partial charge in [-0.25, -0.2) is 4.39 Å². The lowest BCUT2D eigenvalue weighted by Gasteiger charge is -2.38. The molecule has 1 heterocycles. The highest BCUT2D eigenvalue weighted by Crippen LogP contribution is 2.28. The van der Waals surface area contributed by atoms with E-state index in [0.29, 0.717) is 25.4 Å². The molecule has 2 N–H and O–H groups in total. The fraction of sp³-hybridized carbons (Fsp3) is 0.625. The predicted octanol–water partition coefficient (Wildman–Crippen LogP) is 1.91. The molecule has 118 valence electrons. The van der Waals surface area contributed by atoms with Gasteiger partial charge in [0, 0.05) is 33.3 Å². The summed E-state index contributed by atoms with van der Waals surface area (Å²) in [5, 5.41) is 13.3. The third-order valence-electron chi connectivity index (χ3n) is 3.84. The normalized spacial score (nSPS) is 22.6. The first-order valence-corrected chi connectivity index (χ1v) is 7.47. The lowest BCUT2D eigenvalue weighted by Crippen LogP contribution is -2.46. The Morgan fingerprint density at radius 2 is 2.29 bits per heavy atom. The van der Waals surface area contributed by atoms with Gasteiger partial charge in [-0.15, -0.1) is 0 Å². The van der Waals surface area contributed by atoms with Crippen molar-refractivity contribution in [2.24, 2.45) is 0 Å². The highest BCUT2D eigenvalue weighted by Gasteiger charge is 2.29. The highest BCUT2D eigenvalue weighted by atomic mass is 19.1. The molecule has 1 aliphatic rings. The molecule has 0 amide bonds. The van der Waals surface area contributed by atoms with Crippen molar-refractivity contribution in [2.75, 3.05) is 38.3 Å². The summed E-state index contributed by atoms with van der Waals surface area (Å²) in [5.41, 5.74) is 0.761. The second-order valence-electron chi connectivity index (χ2n) is 5.98. The molecular weight excluding hydrogens is 271 g/mol. The van der Waals surface area contributed by atoms with Crippen LogP contribution in [-0.4, -0.2) is 44.1 Å². The third kappa shape index (κ3) is 4.66. The van der Waals surface area contributed by atoms with Crippen LogP contribution in [0.2, 0.25) is 0 Å². The second kappa shape index (κ2) is 7.20. The lowest BCUT2D eigenvalue weighted by molar-refractivity contribution is 0.0447. The average Bonchev–Trinajstić information content (AvgIpc) is 2.42. The van der Waals surface area contributed by atoms with Gasteiger partial charge < -0.3 is 20.1 Å². The third-order valence-corrected chi connectivity index (χ3v) is 3.84. The lowest BCUT2D eigenvalue weighted by atomic mass is 9.94. The van der Waals surface area contributed by atoms with E-state index in [1.807, 2.05) is 24.0 Å². The fourth-order valence-corrected chi connectivity index (χ4v) is 2.75. The number of anilines is 1. The molecule has 0 aliphatic carbocycles. The number of hydrogen-bond acceptors (Lipinski definition) is 4. The Labute approximate surface area is 125 Å². The van der Waals surface area contributed by atoms with E-state index in [0.717, 1.165) is 31.5 Å². The van der Waals surface area contributed by atoms with Crippen molar-refractivity contribution >= 4 is 5.69 Å². The van der Waals surface area contributed by atoms with Crippen molar-refractivity contribution in [3.8, 4) is 0 Å². The Morgan fingerprint density at radius 3 is 2.95 bits per heavy atom. The van der Waals surface area contributed by atoms with Crippen molar-refractivity contribution in [3.63, 3.8) is 0 Å². The quantitative estimate of drug-likeness (QED) is 0.787. The molecule has 0 saturated carbocycles. The zero-order chi connectivity index (χ0) is 15.3. The Morgan fingerprint density at radius 1 is 1.48 bits per heavy atom. The van der Waals surface area contributed by atoms with Crippen LogP contribution in [0, 0.1) is 5.82 Å². The minimum absolute atomic E-state index is 0.223. The van der Waals surface area contributed by atoms with Crippen LogP contribution in [-0.2, 0) is 11.3 Å². The fourth-order valence-electron chi connectivity index (χ4n) is 2.75. The van der Waals surface area contributed by atoms with Gasteiger partial charge in [-0.1, -0.05) is 6.07 Å². The zero-order valence-corrected chi connectivity index (χ0v) is 12.9. The topological polar surface area (TPSA) is 44.7 Å². The summed E-state index contributed by atoms with van der Waals surface area (Å²) in [6.45, 7) is 5.09. The van der Waals surface area contributed by atoms with E-state index >= 15 is 0 Å². The highest BCUT2D eigenvalue weighted by molar-refractivity contribution is 5.50. The second-order valence-corrected chi connectivity index (χ2v) is 5.98. The van der Waals surface area contributed by atoms with Crippen molar-refractivity contribution in [1.82, 2.24) is 5.32 Å². The number of nitrogens with one attached hydrogen (secondary N) is 1. The van der Waals surface area contributed by atoms with Gasteiger partial charge in [0.2, 0.25) is 0 Å². The van der Waals surface area contributed by atoms with Gasteiger partial charge in [-0.2, -0.15) is 0 Å². The van der Waals surface area contributed by atoms with Gasteiger partial charge in [-0.05, 0) is 37.5 Å². The van der Waals surface area contributed by atoms with E-state index in [9.17, 15) is 9.50 Å². The number of nitrogens with zero attached hydrogens (tertiary/aromatic N) is 1. The smallest absolute Gasteiger partial charge is 0.146 e. The average molecular weight is 296 g/mol. The molecule has 1 aliphatic heterocycles. The number of aliphatic hydroxyl groups is 1. The molecule has 0 bridgehead atoms. The standard InChI is InChI=1S/C16H25FN2O2/c1-16(20)6-3-8-19(12-16)15-5-4-13(10-14(15)17)11-18-7-9-21-2/h4-5,10,18,20H,3,6-9,11-12H2,1-2H3. The maximum Gasteiger partial charge on any atom is 0.146 e. The largest absolute Gasteiger partial charge is 0.388 e. The summed E-state index contributed by atoms with van der Waals surface area (Å²) in [7, 11) is 1.66. The molecule has 0 spiro atoms. The van der Waals surface area contributed by atoms with Gasteiger partial charge in [0.25, 0.3) is 0 Å². The van der Waals surface area contributed by atoms with Crippen LogP contribution in [0.25, 0.3) is 0 Å². The van der Waals surface area contributed by atoms with Crippen molar-refractivity contribution in [2.45, 2.75) is 31.9 Å². The molecule has 0 radical (unpaired) electrons. The number of β-amino-alcohol motifs (C(OH)–C–C–N with tert-alkyl or cyclic N) is 1. The van der Waals surface area contributed by atoms with Gasteiger partial charge in [0.1, 0.15) is 5.82 Å². The minimum Gasteiger partial charge on any atom is -0.388 e. The van der Waals surface area contributed by atoms with Crippen molar-refractivity contribution in [3.05, 3.63) is 29.6 Å². The van der Waals surface area contributed by atoms with E-state index in [1.54, 1.807) is 13.2 Å². The van der Waals surface area contributed by atoms with E-state index < -0.39 is 5.60 Å². The van der Waals surface area contributed by atoms with Gasteiger partial charge in [-0.3, -0.25) is 0 Å². The monoisotopic (exact) mass is 296 g/mol. The summed E-state index contributed by atoms with van der Waals surface area (Å²) in [5.74, 6) is -0.223. The van der Waals surface area contributed by atoms with E-state index in [2.05, 4.69) is 5.32 Å². The van der Waals surface area contributed by atoms with Crippen molar-refractivity contribution in [1.29, 1.82) is 0 Å². The minimum atomic E-state index is -0.731. The molecule has 1 aromatic carbocycles. The number of ether oxygens (including phenoxy) is 1. The van der Waals surface area contributed by atoms with Crippen molar-refractivity contribution < 1.29 is 14.2 Å². The summed E-state index contributed by atoms with van der Waals surface area (Å²) in [4.78, 5) is 1.93.